The number of halogens is 2. The van der Waals surface area contributed by atoms with E-state index in [1.54, 1.807) is 36.4 Å². The smallest absolute Gasteiger partial charge is 0.373 e. The average molecular weight is 605 g/mol. The van der Waals surface area contributed by atoms with E-state index in [4.69, 9.17) is 37.4 Å². The summed E-state index contributed by atoms with van der Waals surface area (Å²) in [6.07, 6.45) is 0.692. The first-order valence-corrected chi connectivity index (χ1v) is 12.3. The van der Waals surface area contributed by atoms with Gasteiger partial charge in [0.15, 0.2) is 5.96 Å². The van der Waals surface area contributed by atoms with E-state index in [9.17, 15) is 19.8 Å². The van der Waals surface area contributed by atoms with Gasteiger partial charge in [0.2, 0.25) is 5.91 Å². The molecule has 218 valence electrons. The number of ether oxygens (including phenoxy) is 1. The number of guanidine groups is 1. The Morgan fingerprint density at radius 2 is 1.59 bits per heavy atom. The summed E-state index contributed by atoms with van der Waals surface area (Å²) in [4.78, 5) is 47.1. The van der Waals surface area contributed by atoms with E-state index in [0.29, 0.717) is 28.3 Å². The molecular formula is C28H30Cl2N4O7. The predicted octanol–water partition coefficient (Wildman–Crippen LogP) is 2.62. The maximum Gasteiger partial charge on any atom is 0.373 e. The van der Waals surface area contributed by atoms with Crippen LogP contribution in [0.25, 0.3) is 0 Å². The number of rotatable bonds is 11. The third-order valence-electron chi connectivity index (χ3n) is 5.58. The molecule has 0 heterocycles. The number of hydrogen-bond donors (Lipinski definition) is 4. The molecule has 13 heteroatoms. The maximum atomic E-state index is 13.0. The molecule has 0 aromatic heterocycles. The van der Waals surface area contributed by atoms with E-state index in [1.807, 2.05) is 30.3 Å². The van der Waals surface area contributed by atoms with Crippen molar-refractivity contribution < 1.29 is 34.1 Å². The topological polar surface area (TPSA) is 186 Å². The van der Waals surface area contributed by atoms with Crippen LogP contribution in [0.5, 0.6) is 5.75 Å². The second-order valence-electron chi connectivity index (χ2n) is 8.34. The number of esters is 1. The Labute approximate surface area is 247 Å². The van der Waals surface area contributed by atoms with Crippen molar-refractivity contribution in [3.8, 4) is 5.75 Å². The lowest BCUT2D eigenvalue weighted by Gasteiger charge is -2.29. The Kier molecular flexibility index (Phi) is 15.4. The first-order valence-electron chi connectivity index (χ1n) is 12.0. The van der Waals surface area contributed by atoms with Crippen LogP contribution in [0.15, 0.2) is 77.8 Å². The molecule has 0 aliphatic heterocycles. The van der Waals surface area contributed by atoms with Crippen LogP contribution < -0.4 is 16.2 Å². The van der Waals surface area contributed by atoms with Gasteiger partial charge in [0.05, 0.1) is 30.5 Å². The third-order valence-corrected chi connectivity index (χ3v) is 5.93. The number of hydrogen-bond acceptors (Lipinski definition) is 8. The van der Waals surface area contributed by atoms with Crippen LogP contribution in [0.4, 0.5) is 5.69 Å². The standard InChI is InChI=1S/C27H29ClN4O5.CO2.ClH/c28-24-14-23(37-26(36)20-6-10-21(11-7-20)31-27(29)30)12-8-19(24)9-13-25(35)32(22(16-33)17-34)15-18-4-2-1-3-5-18;2-1-3;/h1-8,10-12,14,22,33-34H,9,13,15-17H2,(H4,29,30,31);;1H. The number of nitrogens with two attached hydrogens (primary N) is 2. The van der Waals surface area contributed by atoms with Gasteiger partial charge in [-0.3, -0.25) is 4.79 Å². The summed E-state index contributed by atoms with van der Waals surface area (Å²) in [5, 5.41) is 19.7. The Hall–Kier alpha value is -4.25. The van der Waals surface area contributed by atoms with Crippen molar-refractivity contribution >= 4 is 53.7 Å². The predicted molar refractivity (Wildman–Crippen MR) is 154 cm³/mol. The van der Waals surface area contributed by atoms with Crippen LogP contribution in [0, 0.1) is 0 Å². The minimum atomic E-state index is -0.710. The molecule has 6 N–H and O–H groups in total. The fourth-order valence-electron chi connectivity index (χ4n) is 3.62. The molecule has 0 saturated carbocycles. The van der Waals surface area contributed by atoms with Crippen LogP contribution in [0.3, 0.4) is 0 Å². The monoisotopic (exact) mass is 604 g/mol. The van der Waals surface area contributed by atoms with E-state index in [1.165, 1.54) is 11.0 Å². The minimum absolute atomic E-state index is 0. The van der Waals surface area contributed by atoms with E-state index in [0.717, 1.165) is 5.56 Å². The lowest BCUT2D eigenvalue weighted by Crippen LogP contribution is -2.44. The van der Waals surface area contributed by atoms with E-state index < -0.39 is 12.0 Å². The number of aryl methyl sites for hydroxylation is 1. The molecule has 0 aliphatic carbocycles. The summed E-state index contributed by atoms with van der Waals surface area (Å²) >= 11 is 6.40. The van der Waals surface area contributed by atoms with Crippen molar-refractivity contribution in [1.82, 2.24) is 4.90 Å². The normalized spacial score (nSPS) is 9.85. The SMILES string of the molecule is Cl.NC(N)=Nc1ccc(C(=O)Oc2ccc(CCC(=O)N(Cc3ccccc3)C(CO)CO)c(Cl)c2)cc1.O=C=O. The zero-order valence-corrected chi connectivity index (χ0v) is 23.4. The van der Waals surface area contributed by atoms with Crippen LogP contribution >= 0.6 is 24.0 Å². The summed E-state index contributed by atoms with van der Waals surface area (Å²) in [6.45, 7) is -0.444. The summed E-state index contributed by atoms with van der Waals surface area (Å²) in [6, 6.07) is 19.7. The summed E-state index contributed by atoms with van der Waals surface area (Å²) in [5.41, 5.74) is 13.1. The lowest BCUT2D eigenvalue weighted by atomic mass is 10.1. The van der Waals surface area contributed by atoms with Gasteiger partial charge in [0.25, 0.3) is 0 Å². The Balaban J connectivity index is 0.00000201. The van der Waals surface area contributed by atoms with Gasteiger partial charge in [-0.05, 0) is 53.9 Å². The zero-order chi connectivity index (χ0) is 29.5. The summed E-state index contributed by atoms with van der Waals surface area (Å²) in [5.74, 6) is -0.638. The molecular weight excluding hydrogens is 575 g/mol. The van der Waals surface area contributed by atoms with Crippen molar-refractivity contribution in [3.63, 3.8) is 0 Å². The van der Waals surface area contributed by atoms with Gasteiger partial charge in [0.1, 0.15) is 5.75 Å². The van der Waals surface area contributed by atoms with Gasteiger partial charge in [0, 0.05) is 18.0 Å². The second kappa shape index (κ2) is 18.2. The number of benzene rings is 3. The number of nitrogens with zero attached hydrogens (tertiary/aromatic N) is 2. The number of carbonyl (C=O) groups is 2. The molecule has 3 rings (SSSR count). The van der Waals surface area contributed by atoms with Gasteiger partial charge < -0.3 is 31.3 Å². The highest BCUT2D eigenvalue weighted by molar-refractivity contribution is 6.31. The fraction of sp³-hybridized carbons (Fsp3) is 0.214. The number of carbonyl (C=O) groups excluding carboxylic acids is 4. The van der Waals surface area contributed by atoms with Crippen LogP contribution in [-0.2, 0) is 27.3 Å². The van der Waals surface area contributed by atoms with Crippen LogP contribution in [0.1, 0.15) is 27.9 Å². The van der Waals surface area contributed by atoms with E-state index in [2.05, 4.69) is 4.99 Å². The lowest BCUT2D eigenvalue weighted by molar-refractivity contribution is -0.191. The third kappa shape index (κ3) is 11.4. The molecule has 11 nitrogen and oxygen atoms in total. The highest BCUT2D eigenvalue weighted by Gasteiger charge is 2.23. The minimum Gasteiger partial charge on any atom is -0.423 e. The Morgan fingerprint density at radius 3 is 2.12 bits per heavy atom. The van der Waals surface area contributed by atoms with Crippen molar-refractivity contribution in [2.45, 2.75) is 25.4 Å². The molecule has 1 amide bonds. The molecule has 0 fully saturated rings. The fourth-order valence-corrected chi connectivity index (χ4v) is 3.89. The quantitative estimate of drug-likeness (QED) is 0.110. The molecule has 0 bridgehead atoms. The van der Waals surface area contributed by atoms with Crippen LogP contribution in [0.2, 0.25) is 5.02 Å². The van der Waals surface area contributed by atoms with Crippen LogP contribution in [-0.4, -0.2) is 58.4 Å². The van der Waals surface area contributed by atoms with Crippen molar-refractivity contribution in [3.05, 3.63) is 94.5 Å². The molecule has 0 aliphatic rings. The largest absolute Gasteiger partial charge is 0.423 e. The Morgan fingerprint density at radius 1 is 0.976 bits per heavy atom. The number of aliphatic hydroxyl groups is 2. The zero-order valence-electron chi connectivity index (χ0n) is 21.8. The first-order chi connectivity index (χ1) is 19.2. The van der Waals surface area contributed by atoms with Gasteiger partial charge in [-0.1, -0.05) is 48.0 Å². The summed E-state index contributed by atoms with van der Waals surface area (Å²) in [7, 11) is 0. The highest BCUT2D eigenvalue weighted by atomic mass is 35.5. The molecule has 3 aromatic rings. The second-order valence-corrected chi connectivity index (χ2v) is 8.74. The number of amides is 1. The number of aliphatic imine (C=N–C) groups is 1. The van der Waals surface area contributed by atoms with Gasteiger partial charge >= 0.3 is 12.1 Å². The van der Waals surface area contributed by atoms with Crippen molar-refractivity contribution in [1.29, 1.82) is 0 Å². The van der Waals surface area contributed by atoms with E-state index in [-0.39, 0.29) is 62.4 Å². The molecule has 3 aromatic carbocycles. The van der Waals surface area contributed by atoms with Gasteiger partial charge in [-0.15, -0.1) is 12.4 Å². The maximum absolute atomic E-state index is 13.0. The molecule has 0 spiro atoms. The summed E-state index contributed by atoms with van der Waals surface area (Å²) < 4.78 is 5.41. The van der Waals surface area contributed by atoms with E-state index >= 15 is 0 Å². The molecule has 0 unspecified atom stereocenters. The molecule has 41 heavy (non-hydrogen) atoms. The van der Waals surface area contributed by atoms with Gasteiger partial charge in [-0.2, -0.15) is 9.59 Å². The van der Waals surface area contributed by atoms with Crippen molar-refractivity contribution in [2.75, 3.05) is 13.2 Å². The highest BCUT2D eigenvalue weighted by Crippen LogP contribution is 2.25. The average Bonchev–Trinajstić information content (AvgIpc) is 2.93. The molecule has 0 saturated heterocycles. The van der Waals surface area contributed by atoms with Gasteiger partial charge in [-0.25, -0.2) is 9.79 Å². The number of aliphatic hydroxyl groups excluding tert-OH is 2. The molecule has 0 atom stereocenters. The molecule has 0 radical (unpaired) electrons. The first kappa shape index (κ1) is 34.8. The van der Waals surface area contributed by atoms with Crippen molar-refractivity contribution in [2.24, 2.45) is 16.5 Å². The Bertz CT molecular complexity index is 1330.